The molecule has 0 spiro atoms. The number of hydrogen-bond donors (Lipinski definition) is 2. The molecule has 1 saturated carbocycles. The van der Waals surface area contributed by atoms with Crippen LogP contribution in [0.15, 0.2) is 18.3 Å². The van der Waals surface area contributed by atoms with E-state index in [1.807, 2.05) is 13.1 Å². The first-order valence-corrected chi connectivity index (χ1v) is 5.59. The van der Waals surface area contributed by atoms with Crippen molar-refractivity contribution < 1.29 is 4.79 Å². The third-order valence-electron chi connectivity index (χ3n) is 3.16. The van der Waals surface area contributed by atoms with Gasteiger partial charge in [0.15, 0.2) is 0 Å². The summed E-state index contributed by atoms with van der Waals surface area (Å²) in [6.07, 6.45) is 4.99. The Morgan fingerprint density at radius 1 is 1.44 bits per heavy atom. The minimum absolute atomic E-state index is 0.0135. The summed E-state index contributed by atoms with van der Waals surface area (Å²) in [7, 11) is 1.83. The molecule has 1 aliphatic carbocycles. The number of nitrogens with zero attached hydrogens (tertiary/aromatic N) is 1. The largest absolute Gasteiger partial charge is 0.387 e. The van der Waals surface area contributed by atoms with Crippen LogP contribution in [0.5, 0.6) is 0 Å². The van der Waals surface area contributed by atoms with Crippen LogP contribution in [0.4, 0.5) is 5.69 Å². The van der Waals surface area contributed by atoms with E-state index in [1.165, 1.54) is 6.42 Å². The van der Waals surface area contributed by atoms with E-state index in [0.29, 0.717) is 5.69 Å². The number of anilines is 1. The van der Waals surface area contributed by atoms with E-state index in [-0.39, 0.29) is 11.4 Å². The Kier molecular flexibility index (Phi) is 2.81. The van der Waals surface area contributed by atoms with Gasteiger partial charge in [-0.2, -0.15) is 0 Å². The fourth-order valence-corrected chi connectivity index (χ4v) is 1.85. The van der Waals surface area contributed by atoms with Crippen LogP contribution >= 0.6 is 0 Å². The zero-order valence-electron chi connectivity index (χ0n) is 9.71. The predicted molar refractivity (Wildman–Crippen MR) is 63.5 cm³/mol. The second kappa shape index (κ2) is 4.12. The van der Waals surface area contributed by atoms with Gasteiger partial charge in [0.1, 0.15) is 5.69 Å². The van der Waals surface area contributed by atoms with Crippen LogP contribution < -0.4 is 10.6 Å². The number of aromatic nitrogens is 1. The first kappa shape index (κ1) is 10.9. The Bertz CT molecular complexity index is 382. The van der Waals surface area contributed by atoms with Crippen molar-refractivity contribution in [3.05, 3.63) is 24.0 Å². The second-order valence-corrected chi connectivity index (χ2v) is 4.55. The molecule has 16 heavy (non-hydrogen) atoms. The third kappa shape index (κ3) is 2.15. The van der Waals surface area contributed by atoms with Crippen LogP contribution in [0.25, 0.3) is 0 Å². The van der Waals surface area contributed by atoms with Crippen molar-refractivity contribution in [2.45, 2.75) is 31.7 Å². The fourth-order valence-electron chi connectivity index (χ4n) is 1.85. The summed E-state index contributed by atoms with van der Waals surface area (Å²) in [5.41, 5.74) is 1.37. The summed E-state index contributed by atoms with van der Waals surface area (Å²) in [6.45, 7) is 2.08. The zero-order valence-corrected chi connectivity index (χ0v) is 9.71. The fraction of sp³-hybridized carbons (Fsp3) is 0.500. The van der Waals surface area contributed by atoms with Gasteiger partial charge in [0.25, 0.3) is 5.91 Å². The van der Waals surface area contributed by atoms with Gasteiger partial charge in [0.05, 0.1) is 11.9 Å². The molecule has 0 aliphatic heterocycles. The Balaban J connectivity index is 2.03. The van der Waals surface area contributed by atoms with Gasteiger partial charge in [-0.25, -0.2) is 4.98 Å². The Morgan fingerprint density at radius 2 is 2.19 bits per heavy atom. The number of hydrogen-bond acceptors (Lipinski definition) is 3. The van der Waals surface area contributed by atoms with Gasteiger partial charge in [0, 0.05) is 12.6 Å². The van der Waals surface area contributed by atoms with E-state index < -0.39 is 0 Å². The highest BCUT2D eigenvalue weighted by Gasteiger charge is 2.33. The lowest BCUT2D eigenvalue weighted by Gasteiger charge is -2.38. The normalized spacial score (nSPS) is 17.4. The van der Waals surface area contributed by atoms with E-state index in [4.69, 9.17) is 0 Å². The van der Waals surface area contributed by atoms with E-state index in [0.717, 1.165) is 18.5 Å². The average Bonchev–Trinajstić information content (AvgIpc) is 2.27. The summed E-state index contributed by atoms with van der Waals surface area (Å²) < 4.78 is 0. The summed E-state index contributed by atoms with van der Waals surface area (Å²) in [5, 5.41) is 5.99. The summed E-state index contributed by atoms with van der Waals surface area (Å²) >= 11 is 0. The molecule has 0 unspecified atom stereocenters. The monoisotopic (exact) mass is 219 g/mol. The molecule has 1 aliphatic rings. The maximum absolute atomic E-state index is 11.9. The molecule has 1 heterocycles. The van der Waals surface area contributed by atoms with E-state index >= 15 is 0 Å². The minimum Gasteiger partial charge on any atom is -0.387 e. The standard InChI is InChI=1S/C12H17N3O/c1-12(6-3-7-12)15-11(16)10-5-4-9(13-2)8-14-10/h4-5,8,13H,3,6-7H2,1-2H3,(H,15,16). The molecule has 2 N–H and O–H groups in total. The van der Waals surface area contributed by atoms with Crippen molar-refractivity contribution in [2.75, 3.05) is 12.4 Å². The maximum atomic E-state index is 11.9. The molecule has 0 saturated heterocycles. The van der Waals surface area contributed by atoms with Crippen molar-refractivity contribution in [1.29, 1.82) is 0 Å². The Hall–Kier alpha value is -1.58. The Labute approximate surface area is 95.5 Å². The Morgan fingerprint density at radius 3 is 2.62 bits per heavy atom. The van der Waals surface area contributed by atoms with E-state index in [1.54, 1.807) is 12.3 Å². The summed E-state index contributed by atoms with van der Waals surface area (Å²) in [6, 6.07) is 3.59. The highest BCUT2D eigenvalue weighted by molar-refractivity contribution is 5.93. The van der Waals surface area contributed by atoms with Crippen molar-refractivity contribution >= 4 is 11.6 Å². The van der Waals surface area contributed by atoms with Crippen LogP contribution in [0.3, 0.4) is 0 Å². The van der Waals surface area contributed by atoms with Gasteiger partial charge in [-0.1, -0.05) is 0 Å². The van der Waals surface area contributed by atoms with Crippen LogP contribution in [-0.4, -0.2) is 23.5 Å². The summed E-state index contributed by atoms with van der Waals surface area (Å²) in [5.74, 6) is -0.0788. The van der Waals surface area contributed by atoms with Crippen LogP contribution in [0.1, 0.15) is 36.7 Å². The molecule has 1 aromatic heterocycles. The van der Waals surface area contributed by atoms with Gasteiger partial charge in [-0.15, -0.1) is 0 Å². The number of rotatable bonds is 3. The molecule has 1 fully saturated rings. The number of nitrogens with one attached hydrogen (secondary N) is 2. The molecule has 1 aromatic rings. The van der Waals surface area contributed by atoms with Gasteiger partial charge in [0.2, 0.25) is 0 Å². The lowest BCUT2D eigenvalue weighted by Crippen LogP contribution is -2.51. The lowest BCUT2D eigenvalue weighted by molar-refractivity contribution is 0.0845. The highest BCUT2D eigenvalue weighted by atomic mass is 16.2. The van der Waals surface area contributed by atoms with Crippen LogP contribution in [0, 0.1) is 0 Å². The van der Waals surface area contributed by atoms with Crippen molar-refractivity contribution in [3.63, 3.8) is 0 Å². The van der Waals surface area contributed by atoms with Crippen molar-refractivity contribution in [2.24, 2.45) is 0 Å². The van der Waals surface area contributed by atoms with Gasteiger partial charge in [-0.3, -0.25) is 4.79 Å². The van der Waals surface area contributed by atoms with E-state index in [9.17, 15) is 4.79 Å². The molecule has 0 atom stereocenters. The molecule has 2 rings (SSSR count). The quantitative estimate of drug-likeness (QED) is 0.815. The molecule has 4 heteroatoms. The predicted octanol–water partition coefficient (Wildman–Crippen LogP) is 1.80. The molecule has 0 aromatic carbocycles. The molecule has 4 nitrogen and oxygen atoms in total. The third-order valence-corrected chi connectivity index (χ3v) is 3.16. The number of amides is 1. The minimum atomic E-state index is -0.0788. The van der Waals surface area contributed by atoms with Gasteiger partial charge < -0.3 is 10.6 Å². The molecule has 0 bridgehead atoms. The van der Waals surface area contributed by atoms with Crippen molar-refractivity contribution in [1.82, 2.24) is 10.3 Å². The summed E-state index contributed by atoms with van der Waals surface area (Å²) in [4.78, 5) is 16.0. The molecule has 86 valence electrons. The lowest BCUT2D eigenvalue weighted by atomic mass is 9.78. The van der Waals surface area contributed by atoms with Crippen LogP contribution in [-0.2, 0) is 0 Å². The second-order valence-electron chi connectivity index (χ2n) is 4.55. The first-order valence-electron chi connectivity index (χ1n) is 5.59. The maximum Gasteiger partial charge on any atom is 0.270 e. The van der Waals surface area contributed by atoms with Crippen LogP contribution in [0.2, 0.25) is 0 Å². The van der Waals surface area contributed by atoms with Gasteiger partial charge in [-0.05, 0) is 38.3 Å². The molecular formula is C12H17N3O. The smallest absolute Gasteiger partial charge is 0.270 e. The zero-order chi connectivity index (χ0) is 11.6. The topological polar surface area (TPSA) is 54.0 Å². The van der Waals surface area contributed by atoms with Gasteiger partial charge >= 0.3 is 0 Å². The molecule has 1 amide bonds. The molecule has 0 radical (unpaired) electrons. The SMILES string of the molecule is CNc1ccc(C(=O)NC2(C)CCC2)nc1. The number of pyridine rings is 1. The van der Waals surface area contributed by atoms with E-state index in [2.05, 4.69) is 22.5 Å². The molecular weight excluding hydrogens is 202 g/mol. The number of carbonyl (C=O) groups is 1. The van der Waals surface area contributed by atoms with Crippen molar-refractivity contribution in [3.8, 4) is 0 Å². The first-order chi connectivity index (χ1) is 7.63. The number of carbonyl (C=O) groups excluding carboxylic acids is 1. The average molecular weight is 219 g/mol. The highest BCUT2D eigenvalue weighted by Crippen LogP contribution is 2.31.